The number of nitro groups is 1. The van der Waals surface area contributed by atoms with Gasteiger partial charge in [0.15, 0.2) is 0 Å². The van der Waals surface area contributed by atoms with Gasteiger partial charge in [-0.15, -0.1) is 0 Å². The molecule has 0 spiro atoms. The van der Waals surface area contributed by atoms with Gasteiger partial charge in [-0.1, -0.05) is 25.5 Å². The van der Waals surface area contributed by atoms with E-state index in [0.717, 1.165) is 4.68 Å². The summed E-state index contributed by atoms with van der Waals surface area (Å²) in [6.07, 6.45) is -3.12. The summed E-state index contributed by atoms with van der Waals surface area (Å²) in [7, 11) is 0. The van der Waals surface area contributed by atoms with Crippen molar-refractivity contribution in [2.75, 3.05) is 13.2 Å². The maximum absolute atomic E-state index is 12.9. The van der Waals surface area contributed by atoms with Crippen LogP contribution in [0.15, 0.2) is 24.3 Å². The number of aromatic nitrogens is 2. The lowest BCUT2D eigenvalue weighted by atomic mass is 10.0. The Morgan fingerprint density at radius 1 is 1.30 bits per heavy atom. The molecule has 0 amide bonds. The highest BCUT2D eigenvalue weighted by molar-refractivity contribution is 5.40. The van der Waals surface area contributed by atoms with Crippen LogP contribution in [0, 0.1) is 10.1 Å². The highest BCUT2D eigenvalue weighted by atomic mass is 19.4. The molecule has 0 unspecified atom stereocenters. The molecule has 1 N–H and O–H groups in total. The third-order valence-electron chi connectivity index (χ3n) is 3.76. The van der Waals surface area contributed by atoms with Crippen LogP contribution in [0.1, 0.15) is 30.2 Å². The molecule has 10 heteroatoms. The summed E-state index contributed by atoms with van der Waals surface area (Å²) in [5, 5.41) is 23.8. The van der Waals surface area contributed by atoms with Crippen molar-refractivity contribution in [3.8, 4) is 5.88 Å². The lowest BCUT2D eigenvalue weighted by Crippen LogP contribution is -2.20. The minimum atomic E-state index is -4.47. The number of nitro benzene ring substituents is 1. The lowest BCUT2D eigenvalue weighted by Gasteiger charge is -2.12. The number of alkyl halides is 3. The van der Waals surface area contributed by atoms with Gasteiger partial charge < -0.3 is 9.84 Å². The van der Waals surface area contributed by atoms with Crippen molar-refractivity contribution >= 4 is 5.69 Å². The average Bonchev–Trinajstić information content (AvgIpc) is 2.88. The van der Waals surface area contributed by atoms with Gasteiger partial charge in [-0.05, 0) is 12.0 Å². The Bertz CT molecular complexity index is 773. The number of benzene rings is 1. The number of ether oxygens (including phenoxy) is 1. The Hall–Kier alpha value is -2.62. The Balaban J connectivity index is 2.42. The number of non-ortho nitro benzene ring substituents is 1. The van der Waals surface area contributed by atoms with E-state index in [1.807, 2.05) is 6.92 Å². The minimum Gasteiger partial charge on any atom is -0.475 e. The first kappa shape index (κ1) is 20.7. The van der Waals surface area contributed by atoms with Gasteiger partial charge in [-0.2, -0.15) is 18.3 Å². The summed E-state index contributed by atoms with van der Waals surface area (Å²) in [5.74, 6) is -0.0387. The first-order chi connectivity index (χ1) is 12.7. The second-order valence-corrected chi connectivity index (χ2v) is 5.93. The van der Waals surface area contributed by atoms with Gasteiger partial charge in [-0.25, -0.2) is 4.68 Å². The standard InChI is InChI=1S/C17H20F3N3O4/c1-2-3-15-14(10-12-4-6-13(7-5-12)23(25)26)16(27-9-8-24)22(21-15)11-17(18,19)20/h4-7,24H,2-3,8-11H2,1H3. The number of hydrogen-bond acceptors (Lipinski definition) is 5. The fraction of sp³-hybridized carbons (Fsp3) is 0.471. The van der Waals surface area contributed by atoms with Crippen LogP contribution in [-0.4, -0.2) is 39.2 Å². The van der Waals surface area contributed by atoms with E-state index in [9.17, 15) is 23.3 Å². The molecule has 0 aliphatic carbocycles. The maximum atomic E-state index is 12.9. The number of aliphatic hydroxyl groups is 1. The first-order valence-corrected chi connectivity index (χ1v) is 8.37. The molecule has 27 heavy (non-hydrogen) atoms. The Morgan fingerprint density at radius 3 is 2.48 bits per heavy atom. The van der Waals surface area contributed by atoms with Gasteiger partial charge in [-0.3, -0.25) is 10.1 Å². The molecule has 0 fully saturated rings. The van der Waals surface area contributed by atoms with E-state index < -0.39 is 17.6 Å². The molecule has 1 aromatic carbocycles. The Labute approximate surface area is 153 Å². The van der Waals surface area contributed by atoms with Crippen LogP contribution in [0.2, 0.25) is 0 Å². The van der Waals surface area contributed by atoms with Crippen LogP contribution >= 0.6 is 0 Å². The normalized spacial score (nSPS) is 11.6. The van der Waals surface area contributed by atoms with E-state index in [0.29, 0.717) is 29.7 Å². The van der Waals surface area contributed by atoms with Crippen molar-refractivity contribution in [2.24, 2.45) is 0 Å². The second kappa shape index (κ2) is 8.85. The molecule has 0 radical (unpaired) electrons. The van der Waals surface area contributed by atoms with Crippen molar-refractivity contribution in [3.05, 3.63) is 51.2 Å². The van der Waals surface area contributed by atoms with Gasteiger partial charge in [0.2, 0.25) is 5.88 Å². The van der Waals surface area contributed by atoms with Crippen LogP contribution in [0.25, 0.3) is 0 Å². The van der Waals surface area contributed by atoms with E-state index in [-0.39, 0.29) is 31.2 Å². The van der Waals surface area contributed by atoms with Gasteiger partial charge in [0.1, 0.15) is 13.2 Å². The van der Waals surface area contributed by atoms with E-state index in [4.69, 9.17) is 9.84 Å². The van der Waals surface area contributed by atoms with Gasteiger partial charge in [0.25, 0.3) is 5.69 Å². The molecule has 0 atom stereocenters. The lowest BCUT2D eigenvalue weighted by molar-refractivity contribution is -0.384. The van der Waals surface area contributed by atoms with Crippen molar-refractivity contribution < 1.29 is 27.9 Å². The van der Waals surface area contributed by atoms with E-state index >= 15 is 0 Å². The van der Waals surface area contributed by atoms with Crippen LogP contribution in [-0.2, 0) is 19.4 Å². The molecule has 1 aromatic heterocycles. The van der Waals surface area contributed by atoms with Crippen molar-refractivity contribution in [3.63, 3.8) is 0 Å². The molecule has 7 nitrogen and oxygen atoms in total. The predicted octanol–water partition coefficient (Wildman–Crippen LogP) is 3.27. The number of aliphatic hydroxyl groups excluding tert-OH is 1. The summed E-state index contributed by atoms with van der Waals surface area (Å²) >= 11 is 0. The zero-order chi connectivity index (χ0) is 20.0. The van der Waals surface area contributed by atoms with Gasteiger partial charge in [0.05, 0.1) is 17.2 Å². The monoisotopic (exact) mass is 387 g/mol. The third-order valence-corrected chi connectivity index (χ3v) is 3.76. The van der Waals surface area contributed by atoms with Crippen molar-refractivity contribution in [2.45, 2.75) is 38.9 Å². The molecule has 0 aliphatic heterocycles. The zero-order valence-electron chi connectivity index (χ0n) is 14.7. The number of nitrogens with zero attached hydrogens (tertiary/aromatic N) is 3. The Morgan fingerprint density at radius 2 is 1.96 bits per heavy atom. The summed E-state index contributed by atoms with van der Waals surface area (Å²) in [5.41, 5.74) is 1.58. The van der Waals surface area contributed by atoms with E-state index in [2.05, 4.69) is 5.10 Å². The molecule has 0 saturated carbocycles. The fourth-order valence-electron chi connectivity index (χ4n) is 2.67. The summed E-state index contributed by atoms with van der Waals surface area (Å²) in [4.78, 5) is 10.2. The predicted molar refractivity (Wildman–Crippen MR) is 90.8 cm³/mol. The highest BCUT2D eigenvalue weighted by Gasteiger charge is 2.32. The van der Waals surface area contributed by atoms with Crippen LogP contribution in [0.5, 0.6) is 5.88 Å². The highest BCUT2D eigenvalue weighted by Crippen LogP contribution is 2.30. The van der Waals surface area contributed by atoms with Crippen molar-refractivity contribution in [1.82, 2.24) is 9.78 Å². The number of aryl methyl sites for hydroxylation is 1. The second-order valence-electron chi connectivity index (χ2n) is 5.93. The molecule has 2 rings (SSSR count). The minimum absolute atomic E-state index is 0.0387. The smallest absolute Gasteiger partial charge is 0.408 e. The molecule has 0 bridgehead atoms. The topological polar surface area (TPSA) is 90.4 Å². The number of halogens is 3. The van der Waals surface area contributed by atoms with E-state index in [1.165, 1.54) is 12.1 Å². The van der Waals surface area contributed by atoms with Gasteiger partial charge >= 0.3 is 6.18 Å². The van der Waals surface area contributed by atoms with Crippen LogP contribution < -0.4 is 4.74 Å². The van der Waals surface area contributed by atoms with Crippen LogP contribution in [0.4, 0.5) is 18.9 Å². The quantitative estimate of drug-likeness (QED) is 0.527. The van der Waals surface area contributed by atoms with Crippen molar-refractivity contribution in [1.29, 1.82) is 0 Å². The summed E-state index contributed by atoms with van der Waals surface area (Å²) < 4.78 is 44.8. The number of rotatable bonds is 9. The molecule has 2 aromatic rings. The first-order valence-electron chi connectivity index (χ1n) is 8.37. The average molecular weight is 387 g/mol. The van der Waals surface area contributed by atoms with Crippen LogP contribution in [0.3, 0.4) is 0 Å². The molecular formula is C17H20F3N3O4. The van der Waals surface area contributed by atoms with E-state index in [1.54, 1.807) is 12.1 Å². The molecule has 0 saturated heterocycles. The summed E-state index contributed by atoms with van der Waals surface area (Å²) in [6, 6.07) is 5.77. The fourth-order valence-corrected chi connectivity index (χ4v) is 2.67. The number of hydrogen-bond donors (Lipinski definition) is 1. The third kappa shape index (κ3) is 5.68. The molecule has 0 aliphatic rings. The zero-order valence-corrected chi connectivity index (χ0v) is 14.7. The SMILES string of the molecule is CCCc1nn(CC(F)(F)F)c(OCCO)c1Cc1ccc([N+](=O)[O-])cc1. The summed E-state index contributed by atoms with van der Waals surface area (Å²) in [6.45, 7) is 0.0666. The Kier molecular flexibility index (Phi) is 6.78. The van der Waals surface area contributed by atoms with Gasteiger partial charge in [0, 0.05) is 24.1 Å². The molecule has 148 valence electrons. The molecular weight excluding hydrogens is 367 g/mol. The maximum Gasteiger partial charge on any atom is 0.408 e. The largest absolute Gasteiger partial charge is 0.475 e. The molecule has 1 heterocycles.